The fraction of sp³-hybridized carbons (Fsp3) is 0.231. The molecule has 1 saturated heterocycles. The highest BCUT2D eigenvalue weighted by atomic mass is 32.2. The number of ether oxygens (including phenoxy) is 1. The number of para-hydroxylation sites is 1. The van der Waals surface area contributed by atoms with E-state index in [9.17, 15) is 18.0 Å². The van der Waals surface area contributed by atoms with E-state index in [-0.39, 0.29) is 29.7 Å². The van der Waals surface area contributed by atoms with Crippen molar-refractivity contribution in [2.45, 2.75) is 18.2 Å². The fourth-order valence-corrected chi connectivity index (χ4v) is 5.18. The van der Waals surface area contributed by atoms with Crippen molar-refractivity contribution in [3.8, 4) is 5.75 Å². The van der Waals surface area contributed by atoms with Crippen molar-refractivity contribution < 1.29 is 22.7 Å². The number of anilines is 3. The molecule has 9 heteroatoms. The molecule has 0 bridgehead atoms. The molecule has 1 N–H and O–H groups in total. The maximum Gasteiger partial charge on any atom is 0.264 e. The van der Waals surface area contributed by atoms with E-state index in [1.807, 2.05) is 13.0 Å². The molecule has 0 aliphatic carbocycles. The number of rotatable bonds is 8. The van der Waals surface area contributed by atoms with Crippen LogP contribution < -0.4 is 19.3 Å². The number of benzene rings is 3. The van der Waals surface area contributed by atoms with E-state index in [1.165, 1.54) is 23.5 Å². The highest BCUT2D eigenvalue weighted by Crippen LogP contribution is 2.28. The quantitative estimate of drug-likeness (QED) is 0.513. The van der Waals surface area contributed by atoms with Gasteiger partial charge < -0.3 is 15.0 Å². The van der Waals surface area contributed by atoms with Crippen molar-refractivity contribution in [2.24, 2.45) is 5.92 Å². The van der Waals surface area contributed by atoms with Crippen molar-refractivity contribution in [3.63, 3.8) is 0 Å². The van der Waals surface area contributed by atoms with E-state index >= 15 is 0 Å². The van der Waals surface area contributed by atoms with Gasteiger partial charge >= 0.3 is 0 Å². The highest BCUT2D eigenvalue weighted by molar-refractivity contribution is 7.92. The zero-order valence-electron chi connectivity index (χ0n) is 19.5. The van der Waals surface area contributed by atoms with Crippen LogP contribution in [0.4, 0.5) is 17.1 Å². The molecule has 35 heavy (non-hydrogen) atoms. The van der Waals surface area contributed by atoms with E-state index in [4.69, 9.17) is 4.74 Å². The molecule has 1 atom stereocenters. The minimum absolute atomic E-state index is 0.0557. The number of nitrogens with one attached hydrogen (secondary N) is 1. The van der Waals surface area contributed by atoms with Crippen LogP contribution >= 0.6 is 0 Å². The molecule has 2 amide bonds. The number of amides is 2. The first-order valence-corrected chi connectivity index (χ1v) is 12.7. The lowest BCUT2D eigenvalue weighted by Crippen LogP contribution is -2.28. The monoisotopic (exact) mass is 493 g/mol. The van der Waals surface area contributed by atoms with Crippen molar-refractivity contribution in [3.05, 3.63) is 78.9 Å². The maximum atomic E-state index is 13.1. The Morgan fingerprint density at radius 3 is 2.46 bits per heavy atom. The summed E-state index contributed by atoms with van der Waals surface area (Å²) >= 11 is 0. The molecule has 1 heterocycles. The van der Waals surface area contributed by atoms with Crippen molar-refractivity contribution >= 4 is 38.9 Å². The Bertz CT molecular complexity index is 1310. The molecule has 1 aliphatic heterocycles. The Kier molecular flexibility index (Phi) is 7.07. The summed E-state index contributed by atoms with van der Waals surface area (Å²) in [6, 6.07) is 22.0. The highest BCUT2D eigenvalue weighted by Gasteiger charge is 2.35. The lowest BCUT2D eigenvalue weighted by Gasteiger charge is -2.20. The molecule has 182 valence electrons. The molecule has 0 saturated carbocycles. The second-order valence-electron chi connectivity index (χ2n) is 8.16. The fourth-order valence-electron chi connectivity index (χ4n) is 3.94. The summed E-state index contributed by atoms with van der Waals surface area (Å²) in [5.41, 5.74) is 1.58. The van der Waals surface area contributed by atoms with Gasteiger partial charge in [0, 0.05) is 31.4 Å². The molecule has 0 spiro atoms. The van der Waals surface area contributed by atoms with Crippen molar-refractivity contribution in [2.75, 3.05) is 34.7 Å². The van der Waals surface area contributed by atoms with Crippen molar-refractivity contribution in [1.29, 1.82) is 0 Å². The predicted molar refractivity (Wildman–Crippen MR) is 135 cm³/mol. The summed E-state index contributed by atoms with van der Waals surface area (Å²) in [6.07, 6.45) is 0.0772. The van der Waals surface area contributed by atoms with Crippen LogP contribution in [-0.4, -0.2) is 40.4 Å². The molecular weight excluding hydrogens is 466 g/mol. The van der Waals surface area contributed by atoms with E-state index in [1.54, 1.807) is 65.6 Å². The molecular formula is C26H27N3O5S. The molecule has 1 aliphatic rings. The van der Waals surface area contributed by atoms with Gasteiger partial charge in [0.2, 0.25) is 11.8 Å². The number of sulfonamides is 1. The predicted octanol–water partition coefficient (Wildman–Crippen LogP) is 3.90. The molecule has 1 unspecified atom stereocenters. The molecule has 1 fully saturated rings. The third kappa shape index (κ3) is 5.30. The van der Waals surface area contributed by atoms with Gasteiger partial charge in [0.1, 0.15) is 5.75 Å². The molecule has 3 aromatic carbocycles. The van der Waals surface area contributed by atoms with Gasteiger partial charge in [0.25, 0.3) is 10.0 Å². The smallest absolute Gasteiger partial charge is 0.264 e. The topological polar surface area (TPSA) is 96.0 Å². The van der Waals surface area contributed by atoms with E-state index < -0.39 is 15.9 Å². The van der Waals surface area contributed by atoms with Crippen LogP contribution in [0.15, 0.2) is 83.8 Å². The van der Waals surface area contributed by atoms with Crippen LogP contribution in [0.2, 0.25) is 0 Å². The number of nitrogens with zero attached hydrogens (tertiary/aromatic N) is 2. The largest absolute Gasteiger partial charge is 0.494 e. The minimum atomic E-state index is -3.82. The Hall–Kier alpha value is -3.85. The maximum absolute atomic E-state index is 13.1. The summed E-state index contributed by atoms with van der Waals surface area (Å²) in [7, 11) is -2.34. The van der Waals surface area contributed by atoms with Crippen LogP contribution in [-0.2, 0) is 19.6 Å². The Labute approximate surface area is 205 Å². The first-order chi connectivity index (χ1) is 16.8. The van der Waals surface area contributed by atoms with Gasteiger partial charge in [-0.2, -0.15) is 0 Å². The second kappa shape index (κ2) is 10.2. The van der Waals surface area contributed by atoms with Crippen molar-refractivity contribution in [1.82, 2.24) is 0 Å². The first kappa shape index (κ1) is 24.3. The van der Waals surface area contributed by atoms with Crippen LogP contribution in [0.1, 0.15) is 13.3 Å². The second-order valence-corrected chi connectivity index (χ2v) is 10.1. The van der Waals surface area contributed by atoms with Gasteiger partial charge in [-0.05, 0) is 61.5 Å². The van der Waals surface area contributed by atoms with Crippen LogP contribution in [0.25, 0.3) is 0 Å². The Morgan fingerprint density at radius 1 is 1.06 bits per heavy atom. The Balaban J connectivity index is 1.45. The number of hydrogen-bond acceptors (Lipinski definition) is 5. The number of carbonyl (C=O) groups excluding carboxylic acids is 2. The Morgan fingerprint density at radius 2 is 1.77 bits per heavy atom. The van der Waals surface area contributed by atoms with Crippen LogP contribution in [0.5, 0.6) is 5.75 Å². The summed E-state index contributed by atoms with van der Waals surface area (Å²) in [5.74, 6) is -0.320. The van der Waals surface area contributed by atoms with Gasteiger partial charge in [-0.3, -0.25) is 13.9 Å². The average Bonchev–Trinajstić information content (AvgIpc) is 3.26. The zero-order chi connectivity index (χ0) is 25.0. The van der Waals surface area contributed by atoms with Gasteiger partial charge in [0.05, 0.1) is 23.1 Å². The summed E-state index contributed by atoms with van der Waals surface area (Å²) in [4.78, 5) is 27.1. The lowest BCUT2D eigenvalue weighted by molar-refractivity contribution is -0.122. The third-order valence-corrected chi connectivity index (χ3v) is 7.62. The summed E-state index contributed by atoms with van der Waals surface area (Å²) in [5, 5.41) is 2.77. The van der Waals surface area contributed by atoms with Crippen LogP contribution in [0.3, 0.4) is 0 Å². The SMILES string of the molecule is CCOc1ccc(N2CC(C(=O)Nc3cccc(S(=O)(=O)N(C)c4ccccc4)c3)CC2=O)cc1. The van der Waals surface area contributed by atoms with E-state index in [2.05, 4.69) is 5.32 Å². The first-order valence-electron chi connectivity index (χ1n) is 11.3. The van der Waals surface area contributed by atoms with Gasteiger partial charge in [-0.1, -0.05) is 24.3 Å². The molecule has 0 aromatic heterocycles. The van der Waals surface area contributed by atoms with E-state index in [0.29, 0.717) is 29.4 Å². The van der Waals surface area contributed by atoms with E-state index in [0.717, 1.165) is 0 Å². The third-order valence-electron chi connectivity index (χ3n) is 5.83. The number of hydrogen-bond donors (Lipinski definition) is 1. The van der Waals surface area contributed by atoms with Crippen LogP contribution in [0, 0.1) is 5.92 Å². The lowest BCUT2D eigenvalue weighted by atomic mass is 10.1. The summed E-state index contributed by atoms with van der Waals surface area (Å²) < 4.78 is 32.8. The minimum Gasteiger partial charge on any atom is -0.494 e. The van der Waals surface area contributed by atoms with Gasteiger partial charge in [0.15, 0.2) is 0 Å². The normalized spacial score (nSPS) is 15.7. The molecule has 0 radical (unpaired) electrons. The standard InChI is InChI=1S/C26H27N3O5S/c1-3-34-23-14-12-22(13-15-23)29-18-19(16-25(29)30)26(31)27-20-8-7-11-24(17-20)35(32,33)28(2)21-9-5-4-6-10-21/h4-15,17,19H,3,16,18H2,1-2H3,(H,27,31). The number of carbonyl (C=O) groups is 2. The zero-order valence-corrected chi connectivity index (χ0v) is 20.4. The average molecular weight is 494 g/mol. The molecule has 4 rings (SSSR count). The summed E-state index contributed by atoms with van der Waals surface area (Å²) in [6.45, 7) is 2.69. The van der Waals surface area contributed by atoms with Gasteiger partial charge in [-0.15, -0.1) is 0 Å². The molecule has 8 nitrogen and oxygen atoms in total. The van der Waals surface area contributed by atoms with Gasteiger partial charge in [-0.25, -0.2) is 8.42 Å². The molecule has 3 aromatic rings.